The summed E-state index contributed by atoms with van der Waals surface area (Å²) in [7, 11) is 0. The standard InChI is InChI=1S/C15H23FN2/c1-9-7-11(3)14(13(16)8-9)15(18-17)12-6-4-5-10(12)2/h7-8,10,12,15,18H,4-6,17H2,1-3H3. The fraction of sp³-hybridized carbons (Fsp3) is 0.600. The Morgan fingerprint density at radius 3 is 2.56 bits per heavy atom. The van der Waals surface area contributed by atoms with Crippen LogP contribution in [0.25, 0.3) is 0 Å². The van der Waals surface area contributed by atoms with Crippen molar-refractivity contribution in [3.8, 4) is 0 Å². The first kappa shape index (κ1) is 13.5. The molecule has 0 aromatic heterocycles. The first-order valence-corrected chi connectivity index (χ1v) is 6.77. The molecule has 1 saturated carbocycles. The third-order valence-electron chi connectivity index (χ3n) is 4.33. The zero-order valence-electron chi connectivity index (χ0n) is 11.5. The molecule has 100 valence electrons. The molecule has 3 heteroatoms. The maximum Gasteiger partial charge on any atom is 0.128 e. The highest BCUT2D eigenvalue weighted by molar-refractivity contribution is 5.35. The van der Waals surface area contributed by atoms with Gasteiger partial charge in [-0.15, -0.1) is 0 Å². The van der Waals surface area contributed by atoms with Gasteiger partial charge in [0.05, 0.1) is 6.04 Å². The Morgan fingerprint density at radius 2 is 2.06 bits per heavy atom. The number of halogens is 1. The predicted molar refractivity (Wildman–Crippen MR) is 72.4 cm³/mol. The zero-order chi connectivity index (χ0) is 13.3. The maximum absolute atomic E-state index is 14.2. The Hall–Kier alpha value is -0.930. The monoisotopic (exact) mass is 250 g/mol. The van der Waals surface area contributed by atoms with Crippen LogP contribution in [0, 0.1) is 31.5 Å². The van der Waals surface area contributed by atoms with Crippen LogP contribution in [0.1, 0.15) is 48.9 Å². The van der Waals surface area contributed by atoms with Gasteiger partial charge in [-0.1, -0.05) is 25.8 Å². The third kappa shape index (κ3) is 2.43. The summed E-state index contributed by atoms with van der Waals surface area (Å²) in [5.74, 6) is 6.61. The minimum absolute atomic E-state index is 0.0666. The van der Waals surface area contributed by atoms with Crippen LogP contribution in [0.2, 0.25) is 0 Å². The van der Waals surface area contributed by atoms with Crippen molar-refractivity contribution < 1.29 is 4.39 Å². The summed E-state index contributed by atoms with van der Waals surface area (Å²) in [4.78, 5) is 0. The number of hydrazine groups is 1. The van der Waals surface area contributed by atoms with E-state index in [1.807, 2.05) is 19.9 Å². The SMILES string of the molecule is Cc1cc(C)c(C(NN)C2CCCC2C)c(F)c1. The van der Waals surface area contributed by atoms with E-state index in [1.54, 1.807) is 6.07 Å². The van der Waals surface area contributed by atoms with E-state index in [0.29, 0.717) is 11.8 Å². The summed E-state index contributed by atoms with van der Waals surface area (Å²) in [6.07, 6.45) is 3.56. The van der Waals surface area contributed by atoms with E-state index in [2.05, 4.69) is 12.3 Å². The van der Waals surface area contributed by atoms with E-state index < -0.39 is 0 Å². The normalized spacial score (nSPS) is 25.4. The van der Waals surface area contributed by atoms with Gasteiger partial charge in [0, 0.05) is 5.56 Å². The summed E-state index contributed by atoms with van der Waals surface area (Å²) in [6, 6.07) is 3.57. The molecule has 0 spiro atoms. The van der Waals surface area contributed by atoms with Crippen molar-refractivity contribution in [3.63, 3.8) is 0 Å². The Kier molecular flexibility index (Phi) is 4.03. The van der Waals surface area contributed by atoms with Crippen molar-refractivity contribution in [3.05, 3.63) is 34.6 Å². The lowest BCUT2D eigenvalue weighted by molar-refractivity contribution is 0.297. The molecule has 1 aromatic rings. The quantitative estimate of drug-likeness (QED) is 0.637. The lowest BCUT2D eigenvalue weighted by Gasteiger charge is -2.28. The average Bonchev–Trinajstić information content (AvgIpc) is 2.69. The third-order valence-corrected chi connectivity index (χ3v) is 4.33. The van der Waals surface area contributed by atoms with Gasteiger partial charge >= 0.3 is 0 Å². The molecule has 0 aliphatic heterocycles. The fourth-order valence-electron chi connectivity index (χ4n) is 3.41. The number of nitrogens with two attached hydrogens (primary N) is 1. The van der Waals surface area contributed by atoms with Crippen molar-refractivity contribution in [2.45, 2.75) is 46.1 Å². The molecule has 18 heavy (non-hydrogen) atoms. The van der Waals surface area contributed by atoms with Gasteiger partial charge in [0.1, 0.15) is 5.82 Å². The minimum atomic E-state index is -0.130. The Balaban J connectivity index is 2.38. The number of nitrogens with one attached hydrogen (secondary N) is 1. The van der Waals surface area contributed by atoms with E-state index in [1.165, 1.54) is 12.8 Å². The Labute approximate surface area is 109 Å². The number of benzene rings is 1. The van der Waals surface area contributed by atoms with Crippen LogP contribution < -0.4 is 11.3 Å². The van der Waals surface area contributed by atoms with Gasteiger partial charge in [-0.3, -0.25) is 11.3 Å². The van der Waals surface area contributed by atoms with Crippen LogP contribution in [0.3, 0.4) is 0 Å². The second-order valence-corrected chi connectivity index (χ2v) is 5.69. The minimum Gasteiger partial charge on any atom is -0.271 e. The van der Waals surface area contributed by atoms with Gasteiger partial charge in [0.25, 0.3) is 0 Å². The second-order valence-electron chi connectivity index (χ2n) is 5.69. The van der Waals surface area contributed by atoms with Gasteiger partial charge in [0.15, 0.2) is 0 Å². The average molecular weight is 250 g/mol. The van der Waals surface area contributed by atoms with Crippen LogP contribution in [0.5, 0.6) is 0 Å². The number of hydrogen-bond donors (Lipinski definition) is 2. The van der Waals surface area contributed by atoms with E-state index >= 15 is 0 Å². The maximum atomic E-state index is 14.2. The lowest BCUT2D eigenvalue weighted by atomic mass is 9.84. The molecule has 0 saturated heterocycles. The van der Waals surface area contributed by atoms with E-state index in [-0.39, 0.29) is 11.9 Å². The van der Waals surface area contributed by atoms with Gasteiger partial charge in [-0.2, -0.15) is 0 Å². The molecule has 3 atom stereocenters. The summed E-state index contributed by atoms with van der Waals surface area (Å²) in [5, 5.41) is 0. The van der Waals surface area contributed by atoms with Gasteiger partial charge in [-0.25, -0.2) is 4.39 Å². The molecule has 1 fully saturated rings. The predicted octanol–water partition coefficient (Wildman–Crippen LogP) is 3.38. The number of aryl methyl sites for hydroxylation is 2. The molecule has 2 nitrogen and oxygen atoms in total. The molecule has 1 aliphatic rings. The van der Waals surface area contributed by atoms with Gasteiger partial charge in [0.2, 0.25) is 0 Å². The summed E-state index contributed by atoms with van der Waals surface area (Å²) >= 11 is 0. The molecule has 0 bridgehead atoms. The second kappa shape index (κ2) is 5.37. The van der Waals surface area contributed by atoms with Crippen molar-refractivity contribution >= 4 is 0 Å². The van der Waals surface area contributed by atoms with E-state index in [0.717, 1.165) is 23.1 Å². The van der Waals surface area contributed by atoms with Gasteiger partial charge in [-0.05, 0) is 49.3 Å². The molecule has 2 rings (SSSR count). The summed E-state index contributed by atoms with van der Waals surface area (Å²) in [5.41, 5.74) is 5.56. The molecule has 1 aromatic carbocycles. The lowest BCUT2D eigenvalue weighted by Crippen LogP contribution is -2.35. The Morgan fingerprint density at radius 1 is 1.33 bits per heavy atom. The molecular weight excluding hydrogens is 227 g/mol. The highest BCUT2D eigenvalue weighted by Crippen LogP contribution is 2.41. The topological polar surface area (TPSA) is 38.0 Å². The van der Waals surface area contributed by atoms with Crippen LogP contribution >= 0.6 is 0 Å². The molecule has 3 unspecified atom stereocenters. The molecule has 0 amide bonds. The highest BCUT2D eigenvalue weighted by Gasteiger charge is 2.33. The fourth-order valence-corrected chi connectivity index (χ4v) is 3.41. The zero-order valence-corrected chi connectivity index (χ0v) is 11.5. The number of hydrogen-bond acceptors (Lipinski definition) is 2. The van der Waals surface area contributed by atoms with Crippen molar-refractivity contribution in [2.75, 3.05) is 0 Å². The highest BCUT2D eigenvalue weighted by atomic mass is 19.1. The van der Waals surface area contributed by atoms with Crippen molar-refractivity contribution in [2.24, 2.45) is 17.7 Å². The van der Waals surface area contributed by atoms with Crippen molar-refractivity contribution in [1.82, 2.24) is 5.43 Å². The van der Waals surface area contributed by atoms with E-state index in [4.69, 9.17) is 5.84 Å². The van der Waals surface area contributed by atoms with Crippen molar-refractivity contribution in [1.29, 1.82) is 0 Å². The van der Waals surface area contributed by atoms with Crippen LogP contribution in [0.4, 0.5) is 4.39 Å². The van der Waals surface area contributed by atoms with Crippen LogP contribution in [0.15, 0.2) is 12.1 Å². The van der Waals surface area contributed by atoms with Crippen LogP contribution in [-0.2, 0) is 0 Å². The molecule has 3 N–H and O–H groups in total. The largest absolute Gasteiger partial charge is 0.271 e. The van der Waals surface area contributed by atoms with Crippen LogP contribution in [-0.4, -0.2) is 0 Å². The molecule has 0 heterocycles. The molecule has 1 aliphatic carbocycles. The first-order chi connectivity index (χ1) is 8.54. The smallest absolute Gasteiger partial charge is 0.128 e. The summed E-state index contributed by atoms with van der Waals surface area (Å²) in [6.45, 7) is 6.13. The van der Waals surface area contributed by atoms with Gasteiger partial charge < -0.3 is 0 Å². The molecular formula is C15H23FN2. The molecule has 0 radical (unpaired) electrons. The number of rotatable bonds is 3. The first-order valence-electron chi connectivity index (χ1n) is 6.77. The van der Waals surface area contributed by atoms with E-state index in [9.17, 15) is 4.39 Å². The summed E-state index contributed by atoms with van der Waals surface area (Å²) < 4.78 is 14.2. The Bertz CT molecular complexity index is 407.